The molecular formula is C18H28N2O. The number of phenols is 1. The highest BCUT2D eigenvalue weighted by molar-refractivity contribution is 5.37. The van der Waals surface area contributed by atoms with Crippen LogP contribution < -0.4 is 5.32 Å². The number of nitrogens with one attached hydrogen (secondary N) is 1. The minimum absolute atomic E-state index is 0.210. The van der Waals surface area contributed by atoms with Gasteiger partial charge in [-0.15, -0.1) is 0 Å². The van der Waals surface area contributed by atoms with Crippen LogP contribution in [0.15, 0.2) is 18.2 Å². The highest BCUT2D eigenvalue weighted by Gasteiger charge is 2.38. The molecule has 0 aliphatic carbocycles. The Kier molecular flexibility index (Phi) is 4.23. The molecule has 3 nitrogen and oxygen atoms in total. The van der Waals surface area contributed by atoms with Crippen LogP contribution in [0.25, 0.3) is 0 Å². The quantitative estimate of drug-likeness (QED) is 0.893. The second-order valence-electron chi connectivity index (χ2n) is 7.08. The maximum atomic E-state index is 10.0. The van der Waals surface area contributed by atoms with Crippen LogP contribution in [0.3, 0.4) is 0 Å². The third-order valence-electron chi connectivity index (χ3n) is 5.56. The summed E-state index contributed by atoms with van der Waals surface area (Å²) in [5.74, 6) is 1.19. The fourth-order valence-corrected chi connectivity index (χ4v) is 4.17. The number of phenolic OH excluding ortho intramolecular Hbond substituents is 1. The summed E-state index contributed by atoms with van der Waals surface area (Å²) < 4.78 is 0. The molecule has 2 bridgehead atoms. The van der Waals surface area contributed by atoms with Crippen molar-refractivity contribution in [2.75, 3.05) is 13.6 Å². The van der Waals surface area contributed by atoms with E-state index in [2.05, 4.69) is 37.2 Å². The van der Waals surface area contributed by atoms with Gasteiger partial charge >= 0.3 is 0 Å². The lowest BCUT2D eigenvalue weighted by molar-refractivity contribution is 0.131. The summed E-state index contributed by atoms with van der Waals surface area (Å²) in [5.41, 5.74) is 2.22. The maximum Gasteiger partial charge on any atom is 0.120 e. The number of hydrogen-bond acceptors (Lipinski definition) is 3. The summed E-state index contributed by atoms with van der Waals surface area (Å²) in [6.45, 7) is 5.29. The summed E-state index contributed by atoms with van der Waals surface area (Å²) in [7, 11) is 2.29. The van der Waals surface area contributed by atoms with E-state index in [-0.39, 0.29) is 6.04 Å². The van der Waals surface area contributed by atoms with E-state index in [0.717, 1.165) is 30.1 Å². The van der Waals surface area contributed by atoms with Crippen LogP contribution in [0, 0.1) is 12.8 Å². The van der Waals surface area contributed by atoms with Crippen LogP contribution >= 0.6 is 0 Å². The van der Waals surface area contributed by atoms with Crippen molar-refractivity contribution < 1.29 is 5.11 Å². The first kappa shape index (κ1) is 14.9. The van der Waals surface area contributed by atoms with Crippen LogP contribution in [0.1, 0.15) is 49.8 Å². The molecule has 2 heterocycles. The van der Waals surface area contributed by atoms with Crippen LogP contribution in [-0.2, 0) is 0 Å². The molecule has 3 unspecified atom stereocenters. The molecule has 3 atom stereocenters. The third-order valence-corrected chi connectivity index (χ3v) is 5.56. The number of hydrogen-bond donors (Lipinski definition) is 2. The standard InChI is InChI=1S/C18H28N2O/c1-12-4-7-18(21)17(8-12)13(2)19-11-14-9-15-5-6-16(10-14)20(15)3/h4,7-8,13-16,19,21H,5-6,9-11H2,1-3H3. The van der Waals surface area contributed by atoms with Gasteiger partial charge in [0, 0.05) is 23.7 Å². The van der Waals surface area contributed by atoms with Crippen LogP contribution in [0.4, 0.5) is 0 Å². The number of aromatic hydroxyl groups is 1. The van der Waals surface area contributed by atoms with Crippen molar-refractivity contribution in [3.05, 3.63) is 29.3 Å². The molecule has 3 rings (SSSR count). The first-order valence-corrected chi connectivity index (χ1v) is 8.29. The molecule has 2 aliphatic rings. The second kappa shape index (κ2) is 5.98. The molecule has 1 aromatic rings. The van der Waals surface area contributed by atoms with Gasteiger partial charge in [-0.3, -0.25) is 0 Å². The molecule has 0 spiro atoms. The summed E-state index contributed by atoms with van der Waals surface area (Å²) >= 11 is 0. The first-order chi connectivity index (χ1) is 10.0. The Morgan fingerprint density at radius 2 is 1.95 bits per heavy atom. The van der Waals surface area contributed by atoms with Gasteiger partial charge in [-0.05, 0) is 65.1 Å². The zero-order valence-corrected chi connectivity index (χ0v) is 13.5. The molecule has 21 heavy (non-hydrogen) atoms. The SMILES string of the molecule is Cc1ccc(O)c(C(C)NCC2CC3CCC(C2)N3C)c1. The monoisotopic (exact) mass is 288 g/mol. The Labute approximate surface area is 128 Å². The Morgan fingerprint density at radius 1 is 1.29 bits per heavy atom. The van der Waals surface area contributed by atoms with E-state index < -0.39 is 0 Å². The smallest absolute Gasteiger partial charge is 0.120 e. The van der Waals surface area contributed by atoms with E-state index in [9.17, 15) is 5.11 Å². The van der Waals surface area contributed by atoms with Gasteiger partial charge in [-0.1, -0.05) is 17.7 Å². The molecule has 2 aliphatic heterocycles. The number of benzene rings is 1. The van der Waals surface area contributed by atoms with Gasteiger partial charge in [0.1, 0.15) is 5.75 Å². The molecular weight excluding hydrogens is 260 g/mol. The minimum atomic E-state index is 0.210. The van der Waals surface area contributed by atoms with Gasteiger partial charge in [-0.25, -0.2) is 0 Å². The van der Waals surface area contributed by atoms with E-state index in [4.69, 9.17) is 0 Å². The minimum Gasteiger partial charge on any atom is -0.508 e. The summed E-state index contributed by atoms with van der Waals surface area (Å²) in [6.07, 6.45) is 5.41. The number of fused-ring (bicyclic) bond motifs is 2. The predicted molar refractivity (Wildman–Crippen MR) is 86.6 cm³/mol. The van der Waals surface area contributed by atoms with Crippen molar-refractivity contribution >= 4 is 0 Å². The first-order valence-electron chi connectivity index (χ1n) is 8.29. The third kappa shape index (κ3) is 3.09. The molecule has 116 valence electrons. The van der Waals surface area contributed by atoms with E-state index in [0.29, 0.717) is 5.75 Å². The highest BCUT2D eigenvalue weighted by Crippen LogP contribution is 2.37. The van der Waals surface area contributed by atoms with Crippen molar-refractivity contribution in [2.24, 2.45) is 5.92 Å². The predicted octanol–water partition coefficient (Wildman–Crippen LogP) is 3.22. The lowest BCUT2D eigenvalue weighted by atomic mass is 9.90. The van der Waals surface area contributed by atoms with Crippen LogP contribution in [0.5, 0.6) is 5.75 Å². The van der Waals surface area contributed by atoms with Gasteiger partial charge in [0.05, 0.1) is 0 Å². The van der Waals surface area contributed by atoms with Crippen molar-refractivity contribution in [1.29, 1.82) is 0 Å². The van der Waals surface area contributed by atoms with E-state index in [1.54, 1.807) is 6.07 Å². The molecule has 1 aromatic carbocycles. The Balaban J connectivity index is 1.57. The topological polar surface area (TPSA) is 35.5 Å². The number of rotatable bonds is 4. The summed E-state index contributed by atoms with van der Waals surface area (Å²) in [5, 5.41) is 13.7. The average Bonchev–Trinajstić information content (AvgIpc) is 2.69. The van der Waals surface area contributed by atoms with Gasteiger partial charge < -0.3 is 15.3 Å². The summed E-state index contributed by atoms with van der Waals surface area (Å²) in [4.78, 5) is 2.59. The van der Waals surface area contributed by atoms with Gasteiger partial charge in [0.25, 0.3) is 0 Å². The Morgan fingerprint density at radius 3 is 2.62 bits per heavy atom. The largest absolute Gasteiger partial charge is 0.508 e. The zero-order chi connectivity index (χ0) is 15.0. The molecule has 0 radical (unpaired) electrons. The van der Waals surface area contributed by atoms with E-state index >= 15 is 0 Å². The normalized spacial score (nSPS) is 30.5. The second-order valence-corrected chi connectivity index (χ2v) is 7.08. The highest BCUT2D eigenvalue weighted by atomic mass is 16.3. The number of aryl methyl sites for hydroxylation is 1. The molecule has 0 saturated carbocycles. The lowest BCUT2D eigenvalue weighted by Gasteiger charge is -2.36. The molecule has 0 amide bonds. The lowest BCUT2D eigenvalue weighted by Crippen LogP contribution is -2.42. The fraction of sp³-hybridized carbons (Fsp3) is 0.667. The average molecular weight is 288 g/mol. The molecule has 2 fully saturated rings. The van der Waals surface area contributed by atoms with E-state index in [1.165, 1.54) is 31.2 Å². The van der Waals surface area contributed by atoms with Gasteiger partial charge in [0.2, 0.25) is 0 Å². The van der Waals surface area contributed by atoms with Crippen LogP contribution in [-0.4, -0.2) is 35.7 Å². The maximum absolute atomic E-state index is 10.0. The molecule has 2 N–H and O–H groups in total. The molecule has 2 saturated heterocycles. The van der Waals surface area contributed by atoms with Gasteiger partial charge in [0.15, 0.2) is 0 Å². The molecule has 3 heteroatoms. The number of nitrogens with zero attached hydrogens (tertiary/aromatic N) is 1. The fourth-order valence-electron chi connectivity index (χ4n) is 4.17. The summed E-state index contributed by atoms with van der Waals surface area (Å²) in [6, 6.07) is 7.67. The van der Waals surface area contributed by atoms with Crippen LogP contribution in [0.2, 0.25) is 0 Å². The molecule has 0 aromatic heterocycles. The van der Waals surface area contributed by atoms with Crippen molar-refractivity contribution in [3.8, 4) is 5.75 Å². The number of piperidine rings is 1. The van der Waals surface area contributed by atoms with E-state index in [1.807, 2.05) is 6.07 Å². The Bertz CT molecular complexity index is 488. The Hall–Kier alpha value is -1.06. The van der Waals surface area contributed by atoms with Crippen molar-refractivity contribution in [1.82, 2.24) is 10.2 Å². The zero-order valence-electron chi connectivity index (χ0n) is 13.5. The van der Waals surface area contributed by atoms with Crippen molar-refractivity contribution in [3.63, 3.8) is 0 Å². The van der Waals surface area contributed by atoms with Gasteiger partial charge in [-0.2, -0.15) is 0 Å². The van der Waals surface area contributed by atoms with Crippen molar-refractivity contribution in [2.45, 2.75) is 57.7 Å².